The summed E-state index contributed by atoms with van der Waals surface area (Å²) < 4.78 is 6.38. The summed E-state index contributed by atoms with van der Waals surface area (Å²) >= 11 is 0. The van der Waals surface area contributed by atoms with E-state index in [2.05, 4.69) is 37.1 Å². The van der Waals surface area contributed by atoms with Crippen LogP contribution in [-0.4, -0.2) is 77.5 Å². The number of ether oxygens (including phenoxy) is 1. The van der Waals surface area contributed by atoms with Crippen molar-refractivity contribution in [3.05, 3.63) is 41.5 Å². The Morgan fingerprint density at radius 2 is 2.00 bits per heavy atom. The molecular formula is C28H42N2O4. The van der Waals surface area contributed by atoms with Crippen LogP contribution in [0.25, 0.3) is 0 Å². The second-order valence-corrected chi connectivity index (χ2v) is 10.4. The lowest BCUT2D eigenvalue weighted by Gasteiger charge is -2.32. The van der Waals surface area contributed by atoms with Crippen LogP contribution >= 0.6 is 0 Å². The van der Waals surface area contributed by atoms with E-state index in [1.165, 1.54) is 5.56 Å². The number of fused-ring (bicyclic) bond motifs is 3. The van der Waals surface area contributed by atoms with Crippen LogP contribution in [0, 0.1) is 5.92 Å². The van der Waals surface area contributed by atoms with Crippen molar-refractivity contribution in [3.63, 3.8) is 0 Å². The first-order valence-electron chi connectivity index (χ1n) is 13.3. The van der Waals surface area contributed by atoms with Gasteiger partial charge >= 0.3 is 0 Å². The first-order valence-corrected chi connectivity index (χ1v) is 13.3. The summed E-state index contributed by atoms with van der Waals surface area (Å²) in [5, 5.41) is 21.0. The van der Waals surface area contributed by atoms with Gasteiger partial charge in [-0.2, -0.15) is 0 Å². The molecule has 1 amide bonds. The van der Waals surface area contributed by atoms with Gasteiger partial charge in [-0.05, 0) is 31.9 Å². The predicted molar refractivity (Wildman–Crippen MR) is 134 cm³/mol. The molecule has 5 atom stereocenters. The molecule has 1 aromatic rings. The van der Waals surface area contributed by atoms with Gasteiger partial charge in [0, 0.05) is 56.4 Å². The van der Waals surface area contributed by atoms with Gasteiger partial charge < -0.3 is 24.7 Å². The van der Waals surface area contributed by atoms with Crippen molar-refractivity contribution in [2.24, 2.45) is 5.92 Å². The van der Waals surface area contributed by atoms with Gasteiger partial charge in [0.15, 0.2) is 0 Å². The van der Waals surface area contributed by atoms with Crippen LogP contribution < -0.4 is 4.74 Å². The minimum absolute atomic E-state index is 0.0231. The highest BCUT2D eigenvalue weighted by molar-refractivity contribution is 5.76. The van der Waals surface area contributed by atoms with E-state index in [9.17, 15) is 15.0 Å². The predicted octanol–water partition coefficient (Wildman–Crippen LogP) is 3.51. The number of carbonyl (C=O) groups is 1. The molecule has 6 nitrogen and oxygen atoms in total. The molecule has 0 radical (unpaired) electrons. The molecule has 4 rings (SSSR count). The number of hydrogen-bond acceptors (Lipinski definition) is 5. The van der Waals surface area contributed by atoms with Crippen LogP contribution in [0.15, 0.2) is 30.4 Å². The van der Waals surface area contributed by atoms with Gasteiger partial charge in [0.1, 0.15) is 11.9 Å². The minimum atomic E-state index is -0.455. The SMILES string of the molecule is CCCCC[C@H](O)/C=C/[C@@H]1[C@H]2c3cccc(CCCC(=O)N4CCN(C)CC4)c3O[C@H]2C[C@H]1O. The van der Waals surface area contributed by atoms with E-state index >= 15 is 0 Å². The van der Waals surface area contributed by atoms with E-state index in [0.717, 1.165) is 76.0 Å². The van der Waals surface area contributed by atoms with E-state index in [-0.39, 0.29) is 23.8 Å². The number of unbranched alkanes of at least 4 members (excludes halogenated alkanes) is 2. The molecule has 0 bridgehead atoms. The Morgan fingerprint density at radius 3 is 2.76 bits per heavy atom. The first-order chi connectivity index (χ1) is 16.5. The van der Waals surface area contributed by atoms with Gasteiger partial charge in [-0.3, -0.25) is 4.79 Å². The molecule has 1 aliphatic carbocycles. The fraction of sp³-hybridized carbons (Fsp3) is 0.679. The lowest BCUT2D eigenvalue weighted by atomic mass is 9.86. The Bertz CT molecular complexity index is 849. The van der Waals surface area contributed by atoms with E-state index in [0.29, 0.717) is 12.8 Å². The summed E-state index contributed by atoms with van der Waals surface area (Å²) in [6.07, 6.45) is 9.84. The summed E-state index contributed by atoms with van der Waals surface area (Å²) in [6.45, 7) is 5.71. The molecule has 2 N–H and O–H groups in total. The molecule has 0 unspecified atom stereocenters. The summed E-state index contributed by atoms with van der Waals surface area (Å²) in [4.78, 5) is 16.9. The molecule has 0 aromatic heterocycles. The Hall–Kier alpha value is -1.89. The van der Waals surface area contributed by atoms with Crippen LogP contribution in [-0.2, 0) is 11.2 Å². The normalized spacial score (nSPS) is 27.6. The van der Waals surface area contributed by atoms with E-state index in [1.807, 2.05) is 17.1 Å². The Kier molecular flexibility index (Phi) is 8.67. The van der Waals surface area contributed by atoms with E-state index in [4.69, 9.17) is 4.74 Å². The fourth-order valence-corrected chi connectivity index (χ4v) is 5.77. The van der Waals surface area contributed by atoms with Crippen molar-refractivity contribution in [1.82, 2.24) is 9.80 Å². The van der Waals surface area contributed by atoms with Crippen LogP contribution in [0.1, 0.15) is 68.9 Å². The van der Waals surface area contributed by atoms with Gasteiger partial charge in [-0.25, -0.2) is 0 Å². The number of nitrogens with zero attached hydrogens (tertiary/aromatic N) is 2. The Balaban J connectivity index is 1.36. The molecule has 188 valence electrons. The van der Waals surface area contributed by atoms with Gasteiger partial charge in [-0.15, -0.1) is 0 Å². The maximum atomic E-state index is 12.6. The van der Waals surface area contributed by atoms with Crippen molar-refractivity contribution >= 4 is 5.91 Å². The molecule has 1 saturated carbocycles. The van der Waals surface area contributed by atoms with Gasteiger partial charge in [0.2, 0.25) is 5.91 Å². The zero-order chi connectivity index (χ0) is 24.1. The van der Waals surface area contributed by atoms with E-state index < -0.39 is 12.2 Å². The molecule has 0 spiro atoms. The number of rotatable bonds is 10. The van der Waals surface area contributed by atoms with Crippen LogP contribution in [0.3, 0.4) is 0 Å². The maximum absolute atomic E-state index is 12.6. The lowest BCUT2D eigenvalue weighted by Crippen LogP contribution is -2.47. The van der Waals surface area contributed by atoms with E-state index in [1.54, 1.807) is 0 Å². The molecule has 1 aromatic carbocycles. The number of piperazine rings is 1. The number of carbonyl (C=O) groups excluding carboxylic acids is 1. The molecule has 2 heterocycles. The molecule has 2 aliphatic heterocycles. The second kappa shape index (κ2) is 11.7. The topological polar surface area (TPSA) is 73.2 Å². The maximum Gasteiger partial charge on any atom is 0.222 e. The van der Waals surface area contributed by atoms with Gasteiger partial charge in [0.25, 0.3) is 0 Å². The summed E-state index contributed by atoms with van der Waals surface area (Å²) in [7, 11) is 2.10. The van der Waals surface area contributed by atoms with Crippen LogP contribution in [0.2, 0.25) is 0 Å². The number of benzene rings is 1. The third-order valence-electron chi connectivity index (χ3n) is 7.84. The summed E-state index contributed by atoms with van der Waals surface area (Å²) in [5.41, 5.74) is 2.33. The third kappa shape index (κ3) is 5.84. The Labute approximate surface area is 204 Å². The monoisotopic (exact) mass is 470 g/mol. The molecule has 6 heteroatoms. The molecular weight excluding hydrogens is 428 g/mol. The lowest BCUT2D eigenvalue weighted by molar-refractivity contribution is -0.132. The average molecular weight is 471 g/mol. The first kappa shape index (κ1) is 25.2. The third-order valence-corrected chi connectivity index (χ3v) is 7.84. The highest BCUT2D eigenvalue weighted by atomic mass is 16.5. The second-order valence-electron chi connectivity index (χ2n) is 10.4. The fourth-order valence-electron chi connectivity index (χ4n) is 5.77. The van der Waals surface area contributed by atoms with Crippen LogP contribution in [0.4, 0.5) is 0 Å². The van der Waals surface area contributed by atoms with Gasteiger partial charge in [0.05, 0.1) is 12.2 Å². The highest BCUT2D eigenvalue weighted by Crippen LogP contribution is 2.52. The number of aliphatic hydroxyl groups is 2. The van der Waals surface area contributed by atoms with Gasteiger partial charge in [-0.1, -0.05) is 56.5 Å². The summed E-state index contributed by atoms with van der Waals surface area (Å²) in [6, 6.07) is 6.31. The number of para-hydroxylation sites is 1. The highest BCUT2D eigenvalue weighted by Gasteiger charge is 2.48. The van der Waals surface area contributed by atoms with Crippen LogP contribution in [0.5, 0.6) is 5.75 Å². The standard InChI is InChI=1S/C28H42N2O4/c1-3-4-5-10-21(31)13-14-22-24(32)19-25-27(22)23-11-6-8-20(28(23)34-25)9-7-12-26(33)30-17-15-29(2)16-18-30/h6,8,11,13-14,21-22,24-25,27,31-32H,3-5,7,9-10,12,15-19H2,1-2H3/b14-13+/t21-,22-,24+,25-,27-/m0/s1. The zero-order valence-corrected chi connectivity index (χ0v) is 20.9. The largest absolute Gasteiger partial charge is 0.489 e. The molecule has 3 aliphatic rings. The average Bonchev–Trinajstić information content (AvgIpc) is 3.33. The molecule has 2 fully saturated rings. The zero-order valence-electron chi connectivity index (χ0n) is 20.9. The number of likely N-dealkylation sites (N-methyl/N-ethyl adjacent to an activating group) is 1. The Morgan fingerprint density at radius 1 is 1.21 bits per heavy atom. The van der Waals surface area contributed by atoms with Crippen molar-refractivity contribution in [1.29, 1.82) is 0 Å². The number of amides is 1. The molecule has 1 saturated heterocycles. The minimum Gasteiger partial charge on any atom is -0.489 e. The van der Waals surface area contributed by atoms with Crippen molar-refractivity contribution in [3.8, 4) is 5.75 Å². The number of aryl methyl sites for hydroxylation is 1. The van der Waals surface area contributed by atoms with Crippen molar-refractivity contribution in [2.45, 2.75) is 82.5 Å². The van der Waals surface area contributed by atoms with Crippen molar-refractivity contribution < 1.29 is 19.7 Å². The quantitative estimate of drug-likeness (QED) is 0.404. The molecule has 34 heavy (non-hydrogen) atoms. The smallest absolute Gasteiger partial charge is 0.222 e. The number of aliphatic hydroxyl groups excluding tert-OH is 2. The summed E-state index contributed by atoms with van der Waals surface area (Å²) in [5.74, 6) is 1.29. The van der Waals surface area contributed by atoms with Crippen molar-refractivity contribution in [2.75, 3.05) is 33.2 Å². The number of hydrogen-bond donors (Lipinski definition) is 2.